The lowest BCUT2D eigenvalue weighted by atomic mass is 10.1. The van der Waals surface area contributed by atoms with Crippen LogP contribution < -0.4 is 10.6 Å². The van der Waals surface area contributed by atoms with E-state index in [0.29, 0.717) is 27.2 Å². The standard InChI is InChI=1S/C22H21Cl2N7O2/c1-12-8-14(13(2)31(12)17-7-5-6-16(23)19(17)24)9-15(10-25)20(32)33-11-18-27-21(26)29-22(28-18)30(3)4/h5-9H,11H2,1-4H3,(H2,26,27,28,29)/b15-9+. The zero-order valence-corrected chi connectivity index (χ0v) is 19.9. The molecule has 11 heteroatoms. The van der Waals surface area contributed by atoms with Crippen LogP contribution in [-0.4, -0.2) is 39.6 Å². The third-order valence-electron chi connectivity index (χ3n) is 4.70. The number of halogens is 2. The van der Waals surface area contributed by atoms with Crippen LogP contribution in [0.3, 0.4) is 0 Å². The van der Waals surface area contributed by atoms with Crippen LogP contribution in [0.2, 0.25) is 10.0 Å². The van der Waals surface area contributed by atoms with E-state index in [4.69, 9.17) is 33.7 Å². The number of hydrogen-bond acceptors (Lipinski definition) is 8. The van der Waals surface area contributed by atoms with Crippen LogP contribution in [0.4, 0.5) is 11.9 Å². The van der Waals surface area contributed by atoms with E-state index in [-0.39, 0.29) is 24.0 Å². The summed E-state index contributed by atoms with van der Waals surface area (Å²) >= 11 is 12.5. The average molecular weight is 486 g/mol. The second-order valence-electron chi connectivity index (χ2n) is 7.29. The van der Waals surface area contributed by atoms with Crippen molar-refractivity contribution in [1.29, 1.82) is 5.26 Å². The number of ether oxygens (including phenoxy) is 1. The Bertz CT molecular complexity index is 1290. The molecule has 2 N–H and O–H groups in total. The highest BCUT2D eigenvalue weighted by atomic mass is 35.5. The third-order valence-corrected chi connectivity index (χ3v) is 5.51. The van der Waals surface area contributed by atoms with E-state index in [1.54, 1.807) is 31.1 Å². The first-order chi connectivity index (χ1) is 15.6. The minimum atomic E-state index is -0.812. The van der Waals surface area contributed by atoms with Crippen molar-refractivity contribution in [2.45, 2.75) is 20.5 Å². The predicted octanol–water partition coefficient (Wildman–Crippen LogP) is 3.88. The Morgan fingerprint density at radius 2 is 2.00 bits per heavy atom. The van der Waals surface area contributed by atoms with E-state index in [9.17, 15) is 10.1 Å². The van der Waals surface area contributed by atoms with Gasteiger partial charge in [-0.2, -0.15) is 20.2 Å². The van der Waals surface area contributed by atoms with Gasteiger partial charge < -0.3 is 19.9 Å². The summed E-state index contributed by atoms with van der Waals surface area (Å²) < 4.78 is 7.14. The number of aryl methyl sites for hydroxylation is 1. The van der Waals surface area contributed by atoms with Crippen LogP contribution in [0.15, 0.2) is 29.8 Å². The van der Waals surface area contributed by atoms with Gasteiger partial charge in [-0.25, -0.2) is 4.79 Å². The molecule has 170 valence electrons. The molecule has 3 rings (SSSR count). The number of rotatable bonds is 6. The van der Waals surface area contributed by atoms with Crippen molar-refractivity contribution in [1.82, 2.24) is 19.5 Å². The maximum absolute atomic E-state index is 12.6. The van der Waals surface area contributed by atoms with E-state index in [1.807, 2.05) is 36.6 Å². The van der Waals surface area contributed by atoms with Crippen molar-refractivity contribution < 1.29 is 9.53 Å². The number of benzene rings is 1. The fraction of sp³-hybridized carbons (Fsp3) is 0.227. The number of carbonyl (C=O) groups excluding carboxylic acids is 1. The van der Waals surface area contributed by atoms with Crippen LogP contribution in [0.25, 0.3) is 11.8 Å². The van der Waals surface area contributed by atoms with Gasteiger partial charge in [-0.1, -0.05) is 29.3 Å². The second kappa shape index (κ2) is 9.90. The predicted molar refractivity (Wildman–Crippen MR) is 127 cm³/mol. The zero-order chi connectivity index (χ0) is 24.3. The summed E-state index contributed by atoms with van der Waals surface area (Å²) in [5.74, 6) is -0.307. The molecule has 0 aliphatic rings. The molecular formula is C22H21Cl2N7O2. The fourth-order valence-electron chi connectivity index (χ4n) is 3.16. The summed E-state index contributed by atoms with van der Waals surface area (Å²) in [6.45, 7) is 3.48. The first-order valence-corrected chi connectivity index (χ1v) is 10.5. The number of hydrogen-bond donors (Lipinski definition) is 1. The molecule has 0 saturated heterocycles. The molecule has 0 radical (unpaired) electrons. The highest BCUT2D eigenvalue weighted by Gasteiger charge is 2.17. The van der Waals surface area contributed by atoms with Crippen LogP contribution in [0.1, 0.15) is 22.8 Å². The van der Waals surface area contributed by atoms with Crippen molar-refractivity contribution in [2.24, 2.45) is 0 Å². The van der Waals surface area contributed by atoms with Crippen LogP contribution >= 0.6 is 23.2 Å². The van der Waals surface area contributed by atoms with Gasteiger partial charge in [-0.3, -0.25) is 0 Å². The van der Waals surface area contributed by atoms with Crippen molar-refractivity contribution in [3.05, 3.63) is 62.7 Å². The first kappa shape index (κ1) is 24.0. The average Bonchev–Trinajstić information content (AvgIpc) is 3.04. The van der Waals surface area contributed by atoms with Gasteiger partial charge in [0.15, 0.2) is 12.4 Å². The molecule has 0 fully saturated rings. The lowest BCUT2D eigenvalue weighted by molar-refractivity contribution is -0.139. The number of nitriles is 1. The minimum Gasteiger partial charge on any atom is -0.453 e. The molecule has 0 amide bonds. The number of nitrogens with zero attached hydrogens (tertiary/aromatic N) is 6. The Hall–Kier alpha value is -3.61. The summed E-state index contributed by atoms with van der Waals surface area (Å²) in [6.07, 6.45) is 1.46. The molecule has 33 heavy (non-hydrogen) atoms. The molecule has 2 heterocycles. The number of aromatic nitrogens is 4. The van der Waals surface area contributed by atoms with E-state index in [0.717, 1.165) is 11.4 Å². The Kier molecular flexibility index (Phi) is 7.21. The summed E-state index contributed by atoms with van der Waals surface area (Å²) in [7, 11) is 3.49. The summed E-state index contributed by atoms with van der Waals surface area (Å²) in [5, 5.41) is 10.4. The van der Waals surface area contributed by atoms with Gasteiger partial charge in [0.2, 0.25) is 11.9 Å². The van der Waals surface area contributed by atoms with Gasteiger partial charge in [0.25, 0.3) is 0 Å². The zero-order valence-electron chi connectivity index (χ0n) is 18.4. The smallest absolute Gasteiger partial charge is 0.349 e. The highest BCUT2D eigenvalue weighted by Crippen LogP contribution is 2.32. The van der Waals surface area contributed by atoms with Crippen molar-refractivity contribution in [3.63, 3.8) is 0 Å². The van der Waals surface area contributed by atoms with Gasteiger partial charge in [-0.05, 0) is 43.7 Å². The molecule has 0 atom stereocenters. The number of nitrogen functional groups attached to an aromatic ring is 1. The van der Waals surface area contributed by atoms with Crippen LogP contribution in [-0.2, 0) is 16.1 Å². The van der Waals surface area contributed by atoms with Crippen molar-refractivity contribution in [2.75, 3.05) is 24.7 Å². The Balaban J connectivity index is 1.86. The fourth-order valence-corrected chi connectivity index (χ4v) is 3.54. The number of anilines is 2. The number of nitrogens with two attached hydrogens (primary N) is 1. The van der Waals surface area contributed by atoms with Crippen molar-refractivity contribution in [3.8, 4) is 11.8 Å². The molecule has 0 aliphatic carbocycles. The summed E-state index contributed by atoms with van der Waals surface area (Å²) in [6, 6.07) is 9.06. The largest absolute Gasteiger partial charge is 0.453 e. The lowest BCUT2D eigenvalue weighted by Crippen LogP contribution is -2.17. The molecular weight excluding hydrogens is 465 g/mol. The molecule has 0 aliphatic heterocycles. The third kappa shape index (κ3) is 5.25. The number of carbonyl (C=O) groups is 1. The van der Waals surface area contributed by atoms with Gasteiger partial charge in [0.1, 0.15) is 11.6 Å². The van der Waals surface area contributed by atoms with Gasteiger partial charge in [0.05, 0.1) is 15.7 Å². The second-order valence-corrected chi connectivity index (χ2v) is 8.07. The monoisotopic (exact) mass is 485 g/mol. The maximum atomic E-state index is 12.6. The van der Waals surface area contributed by atoms with Gasteiger partial charge in [-0.15, -0.1) is 0 Å². The molecule has 3 aromatic rings. The molecule has 0 spiro atoms. The minimum absolute atomic E-state index is 0.00270. The Morgan fingerprint density at radius 3 is 2.67 bits per heavy atom. The molecule has 0 saturated carbocycles. The van der Waals surface area contributed by atoms with E-state index in [2.05, 4.69) is 15.0 Å². The maximum Gasteiger partial charge on any atom is 0.349 e. The topological polar surface area (TPSA) is 123 Å². The SMILES string of the molecule is Cc1cc(/C=C(\C#N)C(=O)OCc2nc(N)nc(N(C)C)n2)c(C)n1-c1cccc(Cl)c1Cl. The Labute approximate surface area is 201 Å². The van der Waals surface area contributed by atoms with E-state index >= 15 is 0 Å². The van der Waals surface area contributed by atoms with Gasteiger partial charge in [0, 0.05) is 25.5 Å². The molecule has 0 unspecified atom stereocenters. The first-order valence-electron chi connectivity index (χ1n) is 9.72. The van der Waals surface area contributed by atoms with Crippen molar-refractivity contribution >= 4 is 47.1 Å². The summed E-state index contributed by atoms with van der Waals surface area (Å²) in [5.41, 5.74) is 8.49. The highest BCUT2D eigenvalue weighted by molar-refractivity contribution is 6.43. The molecule has 9 nitrogen and oxygen atoms in total. The quantitative estimate of drug-likeness (QED) is 0.316. The lowest BCUT2D eigenvalue weighted by Gasteiger charge is -2.12. The molecule has 1 aromatic carbocycles. The summed E-state index contributed by atoms with van der Waals surface area (Å²) in [4.78, 5) is 26.3. The Morgan fingerprint density at radius 1 is 1.27 bits per heavy atom. The van der Waals surface area contributed by atoms with Crippen LogP contribution in [0, 0.1) is 25.2 Å². The van der Waals surface area contributed by atoms with Crippen LogP contribution in [0.5, 0.6) is 0 Å². The van der Waals surface area contributed by atoms with E-state index < -0.39 is 5.97 Å². The molecule has 0 bridgehead atoms. The van der Waals surface area contributed by atoms with E-state index in [1.165, 1.54) is 6.08 Å². The van der Waals surface area contributed by atoms with Gasteiger partial charge >= 0.3 is 5.97 Å². The number of esters is 1. The molecule has 2 aromatic heterocycles. The normalized spacial score (nSPS) is 11.2.